The zero-order valence-corrected chi connectivity index (χ0v) is 9.48. The average molecular weight is 228 g/mol. The van der Waals surface area contributed by atoms with E-state index in [1.807, 2.05) is 0 Å². The quantitative estimate of drug-likeness (QED) is 0.683. The summed E-state index contributed by atoms with van der Waals surface area (Å²) in [5.41, 5.74) is 11.0. The first-order valence-corrected chi connectivity index (χ1v) is 5.90. The van der Waals surface area contributed by atoms with E-state index >= 15 is 0 Å². The number of rotatable bonds is 2. The zero-order valence-electron chi connectivity index (χ0n) is 9.48. The lowest BCUT2D eigenvalue weighted by molar-refractivity contribution is -0.151. The van der Waals surface area contributed by atoms with Gasteiger partial charge >= 0.3 is 0 Å². The zero-order chi connectivity index (χ0) is 11.6. The van der Waals surface area contributed by atoms with E-state index in [2.05, 4.69) is 0 Å². The van der Waals surface area contributed by atoms with Crippen LogP contribution in [0.2, 0.25) is 0 Å². The van der Waals surface area contributed by atoms with Crippen molar-refractivity contribution in [3.63, 3.8) is 0 Å². The van der Waals surface area contributed by atoms with E-state index in [1.165, 1.54) is 0 Å². The second-order valence-electron chi connectivity index (χ2n) is 4.82. The Morgan fingerprint density at radius 3 is 2.62 bits per heavy atom. The maximum Gasteiger partial charge on any atom is 0.234 e. The average Bonchev–Trinajstić information content (AvgIpc) is 2.29. The summed E-state index contributed by atoms with van der Waals surface area (Å²) >= 11 is 0. The molecule has 1 spiro atoms. The second kappa shape index (κ2) is 4.69. The second-order valence-corrected chi connectivity index (χ2v) is 4.82. The van der Waals surface area contributed by atoms with Gasteiger partial charge in [0, 0.05) is 19.8 Å². The molecule has 2 unspecified atom stereocenters. The third-order valence-electron chi connectivity index (χ3n) is 3.77. The lowest BCUT2D eigenvalue weighted by atomic mass is 9.78. The highest BCUT2D eigenvalue weighted by Crippen LogP contribution is 2.37. The van der Waals surface area contributed by atoms with Crippen LogP contribution < -0.4 is 11.5 Å². The molecule has 0 aromatic rings. The van der Waals surface area contributed by atoms with Crippen LogP contribution >= 0.6 is 0 Å². The summed E-state index contributed by atoms with van der Waals surface area (Å²) in [5.74, 6) is -0.251. The molecule has 0 aromatic carbocycles. The minimum Gasteiger partial charge on any atom is -0.381 e. The maximum absolute atomic E-state index is 11.1. The highest BCUT2D eigenvalue weighted by atomic mass is 16.5. The third kappa shape index (κ3) is 2.36. The Morgan fingerprint density at radius 2 is 2.00 bits per heavy atom. The van der Waals surface area contributed by atoms with E-state index in [4.69, 9.17) is 20.9 Å². The number of nitrogens with two attached hydrogens (primary N) is 2. The predicted molar refractivity (Wildman–Crippen MR) is 58.6 cm³/mol. The summed E-state index contributed by atoms with van der Waals surface area (Å²) in [5, 5.41) is 0. The van der Waals surface area contributed by atoms with Gasteiger partial charge in [0.15, 0.2) is 0 Å². The summed E-state index contributed by atoms with van der Waals surface area (Å²) < 4.78 is 11.2. The van der Waals surface area contributed by atoms with Crippen LogP contribution in [0.3, 0.4) is 0 Å². The Kier molecular flexibility index (Phi) is 3.47. The summed E-state index contributed by atoms with van der Waals surface area (Å²) in [7, 11) is 0. The van der Waals surface area contributed by atoms with Crippen LogP contribution in [-0.4, -0.2) is 37.4 Å². The molecular formula is C11H20N2O3. The van der Waals surface area contributed by atoms with Crippen molar-refractivity contribution >= 4 is 5.91 Å². The predicted octanol–water partition coefficient (Wildman–Crippen LogP) is -0.225. The highest BCUT2D eigenvalue weighted by Gasteiger charge is 2.41. The third-order valence-corrected chi connectivity index (χ3v) is 3.77. The van der Waals surface area contributed by atoms with Crippen molar-refractivity contribution < 1.29 is 14.3 Å². The minimum absolute atomic E-state index is 0.117. The smallest absolute Gasteiger partial charge is 0.234 e. The SMILES string of the molecule is NC(=O)C(N)C1CCOC2(CCOCC2)C1. The molecule has 0 aromatic heterocycles. The Bertz CT molecular complexity index is 258. The van der Waals surface area contributed by atoms with Crippen LogP contribution in [0.25, 0.3) is 0 Å². The van der Waals surface area contributed by atoms with E-state index in [0.717, 1.165) is 38.9 Å². The van der Waals surface area contributed by atoms with Gasteiger partial charge in [-0.05, 0) is 31.6 Å². The molecular weight excluding hydrogens is 208 g/mol. The molecule has 2 aliphatic rings. The van der Waals surface area contributed by atoms with Crippen LogP contribution in [0.15, 0.2) is 0 Å². The van der Waals surface area contributed by atoms with Gasteiger partial charge < -0.3 is 20.9 Å². The van der Waals surface area contributed by atoms with E-state index in [-0.39, 0.29) is 11.5 Å². The molecule has 0 radical (unpaired) electrons. The lowest BCUT2D eigenvalue weighted by Crippen LogP contribution is -2.51. The molecule has 92 valence electrons. The van der Waals surface area contributed by atoms with Crippen molar-refractivity contribution in [2.45, 2.75) is 37.3 Å². The van der Waals surface area contributed by atoms with Gasteiger partial charge in [0.25, 0.3) is 0 Å². The van der Waals surface area contributed by atoms with Crippen molar-refractivity contribution in [1.82, 2.24) is 0 Å². The van der Waals surface area contributed by atoms with Gasteiger partial charge in [-0.2, -0.15) is 0 Å². The number of hydrogen-bond donors (Lipinski definition) is 2. The molecule has 1 amide bonds. The van der Waals surface area contributed by atoms with Gasteiger partial charge in [0.2, 0.25) is 5.91 Å². The molecule has 5 heteroatoms. The minimum atomic E-state index is -0.538. The van der Waals surface area contributed by atoms with Gasteiger partial charge in [-0.25, -0.2) is 0 Å². The topological polar surface area (TPSA) is 87.6 Å². The number of ether oxygens (including phenoxy) is 2. The van der Waals surface area contributed by atoms with Crippen LogP contribution in [0, 0.1) is 5.92 Å². The molecule has 0 aliphatic carbocycles. The van der Waals surface area contributed by atoms with E-state index in [9.17, 15) is 4.79 Å². The molecule has 2 aliphatic heterocycles. The van der Waals surface area contributed by atoms with Crippen molar-refractivity contribution in [2.75, 3.05) is 19.8 Å². The Morgan fingerprint density at radius 1 is 1.31 bits per heavy atom. The van der Waals surface area contributed by atoms with Crippen LogP contribution in [-0.2, 0) is 14.3 Å². The lowest BCUT2D eigenvalue weighted by Gasteiger charge is -2.44. The fraction of sp³-hybridized carbons (Fsp3) is 0.909. The van der Waals surface area contributed by atoms with Crippen molar-refractivity contribution in [3.05, 3.63) is 0 Å². The molecule has 2 fully saturated rings. The Labute approximate surface area is 95.4 Å². The summed E-state index contributed by atoms with van der Waals surface area (Å²) in [6, 6.07) is -0.538. The standard InChI is InChI=1S/C11H20N2O3/c12-9(10(13)14)8-1-4-16-11(7-8)2-5-15-6-3-11/h8-9H,1-7,12H2,(H2,13,14). The Hall–Kier alpha value is -0.650. The summed E-state index contributed by atoms with van der Waals surface area (Å²) in [6.07, 6.45) is 3.46. The van der Waals surface area contributed by atoms with Crippen LogP contribution in [0.5, 0.6) is 0 Å². The highest BCUT2D eigenvalue weighted by molar-refractivity contribution is 5.79. The van der Waals surface area contributed by atoms with Gasteiger partial charge in [-0.15, -0.1) is 0 Å². The summed E-state index contributed by atoms with van der Waals surface area (Å²) in [6.45, 7) is 2.14. The largest absolute Gasteiger partial charge is 0.381 e. The van der Waals surface area contributed by atoms with E-state index < -0.39 is 11.9 Å². The van der Waals surface area contributed by atoms with Crippen molar-refractivity contribution in [2.24, 2.45) is 17.4 Å². The maximum atomic E-state index is 11.1. The first-order valence-electron chi connectivity index (χ1n) is 5.90. The molecule has 5 nitrogen and oxygen atoms in total. The molecule has 0 saturated carbocycles. The number of amides is 1. The number of carbonyl (C=O) groups excluding carboxylic acids is 1. The molecule has 2 rings (SSSR count). The first kappa shape index (κ1) is 11.8. The fourth-order valence-electron chi connectivity index (χ4n) is 2.70. The first-order chi connectivity index (χ1) is 7.63. The monoisotopic (exact) mass is 228 g/mol. The fourth-order valence-corrected chi connectivity index (χ4v) is 2.70. The normalized spacial score (nSPS) is 31.2. The molecule has 2 saturated heterocycles. The molecule has 16 heavy (non-hydrogen) atoms. The number of hydrogen-bond acceptors (Lipinski definition) is 4. The molecule has 4 N–H and O–H groups in total. The van der Waals surface area contributed by atoms with Crippen LogP contribution in [0.4, 0.5) is 0 Å². The molecule has 2 heterocycles. The van der Waals surface area contributed by atoms with E-state index in [1.54, 1.807) is 0 Å². The van der Waals surface area contributed by atoms with Gasteiger partial charge in [-0.1, -0.05) is 0 Å². The van der Waals surface area contributed by atoms with Crippen molar-refractivity contribution in [3.8, 4) is 0 Å². The van der Waals surface area contributed by atoms with E-state index in [0.29, 0.717) is 6.61 Å². The number of carbonyl (C=O) groups is 1. The van der Waals surface area contributed by atoms with Crippen LogP contribution in [0.1, 0.15) is 25.7 Å². The number of primary amides is 1. The summed E-state index contributed by atoms with van der Waals surface area (Å²) in [4.78, 5) is 11.1. The molecule has 0 bridgehead atoms. The van der Waals surface area contributed by atoms with Gasteiger partial charge in [0.05, 0.1) is 11.6 Å². The van der Waals surface area contributed by atoms with Crippen molar-refractivity contribution in [1.29, 1.82) is 0 Å². The van der Waals surface area contributed by atoms with Gasteiger partial charge in [0.1, 0.15) is 0 Å². The Balaban J connectivity index is 2.00. The van der Waals surface area contributed by atoms with Gasteiger partial charge in [-0.3, -0.25) is 4.79 Å². The molecule has 2 atom stereocenters.